The molecule has 8 heteroatoms. The first-order valence-corrected chi connectivity index (χ1v) is 2.66. The highest BCUT2D eigenvalue weighted by molar-refractivity contribution is 7.94. The van der Waals surface area contributed by atoms with Gasteiger partial charge in [-0.3, -0.25) is 10.3 Å². The smallest absolute Gasteiger partial charge is 0.475 e. The van der Waals surface area contributed by atoms with Crippen LogP contribution in [0.5, 0.6) is 0 Å². The Bertz CT molecular complexity index is 105. The molecule has 0 unspecified atom stereocenters. The van der Waals surface area contributed by atoms with Gasteiger partial charge < -0.3 is 5.11 Å². The monoisotopic (exact) mass is 178 g/mol. The van der Waals surface area contributed by atoms with Gasteiger partial charge in [-0.1, -0.05) is 0 Å². The summed E-state index contributed by atoms with van der Waals surface area (Å²) in [5, 5.41) is 16.2. The van der Waals surface area contributed by atoms with Crippen molar-refractivity contribution in [2.45, 2.75) is 6.18 Å². The highest BCUT2D eigenvalue weighted by atomic mass is 32.2. The summed E-state index contributed by atoms with van der Waals surface area (Å²) in [6.45, 7) is 0. The second kappa shape index (κ2) is 5.33. The molecule has 0 radical (unpaired) electrons. The fourth-order valence-corrected chi connectivity index (χ4v) is 0. The van der Waals surface area contributed by atoms with E-state index in [4.69, 9.17) is 9.90 Å². The highest BCUT2D eigenvalue weighted by Crippen LogP contribution is 2.13. The standard InChI is InChI=1S/C2HF3O2.H4N2S/c3-2(4,5)1(6)7;1-3-2/h(H,6,7);1-2H2. The van der Waals surface area contributed by atoms with Gasteiger partial charge >= 0.3 is 12.1 Å². The Labute approximate surface area is 58.6 Å². The molecule has 62 valence electrons. The Kier molecular flexibility index (Phi) is 6.51. The van der Waals surface area contributed by atoms with Gasteiger partial charge in [0.1, 0.15) is 0 Å². The number of rotatable bonds is 0. The van der Waals surface area contributed by atoms with E-state index in [9.17, 15) is 13.2 Å². The van der Waals surface area contributed by atoms with E-state index in [1.807, 2.05) is 0 Å². The first kappa shape index (κ1) is 12.2. The Hall–Kier alpha value is -0.470. The van der Waals surface area contributed by atoms with E-state index in [0.717, 1.165) is 12.1 Å². The van der Waals surface area contributed by atoms with Crippen molar-refractivity contribution in [3.63, 3.8) is 0 Å². The van der Waals surface area contributed by atoms with Crippen LogP contribution in [0.4, 0.5) is 13.2 Å². The average Bonchev–Trinajstić information content (AvgIpc) is 1.64. The molecule has 0 fully saturated rings. The lowest BCUT2D eigenvalue weighted by molar-refractivity contribution is -0.192. The fraction of sp³-hybridized carbons (Fsp3) is 0.500. The van der Waals surface area contributed by atoms with E-state index >= 15 is 0 Å². The van der Waals surface area contributed by atoms with Crippen LogP contribution in [0.2, 0.25) is 0 Å². The van der Waals surface area contributed by atoms with Crippen molar-refractivity contribution >= 4 is 18.1 Å². The summed E-state index contributed by atoms with van der Waals surface area (Å²) in [5.41, 5.74) is 0. The van der Waals surface area contributed by atoms with Crippen LogP contribution >= 0.6 is 12.1 Å². The van der Waals surface area contributed by atoms with Crippen molar-refractivity contribution in [3.05, 3.63) is 0 Å². The second-order valence-corrected chi connectivity index (χ2v) is 1.21. The molecule has 0 aliphatic rings. The minimum absolute atomic E-state index is 0.750. The molecule has 0 aromatic carbocycles. The summed E-state index contributed by atoms with van der Waals surface area (Å²) < 4.78 is 31.7. The van der Waals surface area contributed by atoms with Crippen molar-refractivity contribution in [2.75, 3.05) is 0 Å². The normalized spacial score (nSPS) is 9.70. The van der Waals surface area contributed by atoms with Crippen molar-refractivity contribution in [2.24, 2.45) is 10.3 Å². The van der Waals surface area contributed by atoms with Gasteiger partial charge in [-0.2, -0.15) is 13.2 Å². The second-order valence-electron chi connectivity index (χ2n) is 0.939. The van der Waals surface area contributed by atoms with Crippen molar-refractivity contribution in [1.82, 2.24) is 0 Å². The average molecular weight is 178 g/mol. The SMILES string of the molecule is NSN.O=C(O)C(F)(F)F. The molecule has 0 rings (SSSR count). The molecule has 4 nitrogen and oxygen atoms in total. The summed E-state index contributed by atoms with van der Waals surface area (Å²) >= 11 is 0.750. The maximum absolute atomic E-state index is 10.6. The minimum Gasteiger partial charge on any atom is -0.475 e. The number of aliphatic carboxylic acids is 1. The third kappa shape index (κ3) is 10.5. The van der Waals surface area contributed by atoms with Gasteiger partial charge in [0.25, 0.3) is 0 Å². The Morgan fingerprint density at radius 2 is 1.50 bits per heavy atom. The number of alkyl halides is 3. The van der Waals surface area contributed by atoms with Gasteiger partial charge in [-0.05, 0) is 12.1 Å². The third-order valence-electron chi connectivity index (χ3n) is 0.243. The van der Waals surface area contributed by atoms with E-state index < -0.39 is 12.1 Å². The maximum Gasteiger partial charge on any atom is 0.490 e. The highest BCUT2D eigenvalue weighted by Gasteiger charge is 2.38. The number of carboxylic acids is 1. The molecule has 0 bridgehead atoms. The zero-order valence-electron chi connectivity index (χ0n) is 4.55. The number of hydrogen-bond acceptors (Lipinski definition) is 4. The van der Waals surface area contributed by atoms with Crippen LogP contribution in [0.3, 0.4) is 0 Å². The molecular weight excluding hydrogens is 173 g/mol. The molecule has 0 atom stereocenters. The number of halogens is 3. The van der Waals surface area contributed by atoms with Gasteiger partial charge in [-0.25, -0.2) is 4.79 Å². The third-order valence-corrected chi connectivity index (χ3v) is 0.243. The van der Waals surface area contributed by atoms with Crippen LogP contribution in [-0.2, 0) is 4.79 Å². The van der Waals surface area contributed by atoms with Gasteiger partial charge in [0.2, 0.25) is 0 Å². The van der Waals surface area contributed by atoms with E-state index in [1.165, 1.54) is 0 Å². The molecule has 0 heterocycles. The minimum atomic E-state index is -5.08. The van der Waals surface area contributed by atoms with Crippen LogP contribution in [0.1, 0.15) is 0 Å². The van der Waals surface area contributed by atoms with Crippen LogP contribution in [0.15, 0.2) is 0 Å². The summed E-state index contributed by atoms with van der Waals surface area (Å²) in [7, 11) is 0. The predicted octanol–water partition coefficient (Wildman–Crippen LogP) is 0.100. The Morgan fingerprint density at radius 1 is 1.40 bits per heavy atom. The lowest BCUT2D eigenvalue weighted by atomic mass is 10.7. The lowest BCUT2D eigenvalue weighted by Gasteiger charge is -1.93. The Balaban J connectivity index is 0. The van der Waals surface area contributed by atoms with Gasteiger partial charge in [0.05, 0.1) is 0 Å². The number of carboxylic acid groups (broad SMARTS) is 1. The number of carbonyl (C=O) groups is 1. The van der Waals surface area contributed by atoms with Gasteiger partial charge in [0.15, 0.2) is 0 Å². The van der Waals surface area contributed by atoms with Gasteiger partial charge in [-0.15, -0.1) is 0 Å². The Morgan fingerprint density at radius 3 is 1.50 bits per heavy atom. The first-order valence-electron chi connectivity index (χ1n) is 1.72. The molecule has 0 aromatic heterocycles. The largest absolute Gasteiger partial charge is 0.490 e. The molecule has 0 saturated heterocycles. The zero-order chi connectivity index (χ0) is 8.78. The van der Waals surface area contributed by atoms with Crippen LogP contribution < -0.4 is 10.3 Å². The summed E-state index contributed by atoms with van der Waals surface area (Å²) in [4.78, 5) is 8.90. The molecule has 0 aromatic rings. The van der Waals surface area contributed by atoms with Crippen molar-refractivity contribution < 1.29 is 23.1 Å². The molecule has 0 spiro atoms. The van der Waals surface area contributed by atoms with Crippen LogP contribution in [0.25, 0.3) is 0 Å². The molecular formula is C2H5F3N2O2S. The predicted molar refractivity (Wildman–Crippen MR) is 29.7 cm³/mol. The lowest BCUT2D eigenvalue weighted by Crippen LogP contribution is -2.21. The maximum atomic E-state index is 10.6. The quantitative estimate of drug-likeness (QED) is 0.458. The first-order chi connectivity index (χ1) is 4.36. The number of nitrogens with two attached hydrogens (primary N) is 2. The molecule has 0 saturated carbocycles. The topological polar surface area (TPSA) is 89.3 Å². The molecule has 5 N–H and O–H groups in total. The zero-order valence-corrected chi connectivity index (χ0v) is 5.37. The van der Waals surface area contributed by atoms with Gasteiger partial charge in [0, 0.05) is 0 Å². The van der Waals surface area contributed by atoms with E-state index in [-0.39, 0.29) is 0 Å². The van der Waals surface area contributed by atoms with E-state index in [1.54, 1.807) is 0 Å². The van der Waals surface area contributed by atoms with Crippen LogP contribution in [0, 0.1) is 0 Å². The van der Waals surface area contributed by atoms with Crippen molar-refractivity contribution in [1.29, 1.82) is 0 Å². The summed E-state index contributed by atoms with van der Waals surface area (Å²) in [5.74, 6) is -2.76. The summed E-state index contributed by atoms with van der Waals surface area (Å²) in [6, 6.07) is 0. The number of hydrogen-bond donors (Lipinski definition) is 3. The van der Waals surface area contributed by atoms with Crippen molar-refractivity contribution in [3.8, 4) is 0 Å². The van der Waals surface area contributed by atoms with Crippen LogP contribution in [-0.4, -0.2) is 17.3 Å². The molecule has 0 aliphatic carbocycles. The molecule has 10 heavy (non-hydrogen) atoms. The summed E-state index contributed by atoms with van der Waals surface area (Å²) in [6.07, 6.45) is -5.08. The molecule has 0 amide bonds. The van der Waals surface area contributed by atoms with E-state index in [2.05, 4.69) is 10.3 Å². The fourth-order valence-electron chi connectivity index (χ4n) is 0. The molecule has 0 aliphatic heterocycles. The van der Waals surface area contributed by atoms with E-state index in [0.29, 0.717) is 0 Å².